The van der Waals surface area contributed by atoms with Crippen molar-refractivity contribution in [1.29, 1.82) is 0 Å². The molecule has 8 heteroatoms. The van der Waals surface area contributed by atoms with Gasteiger partial charge in [-0.15, -0.1) is 0 Å². The molecule has 1 spiro atoms. The maximum absolute atomic E-state index is 14.1. The molecule has 0 bridgehead atoms. The number of aromatic nitrogens is 2. The highest BCUT2D eigenvalue weighted by molar-refractivity contribution is 6.31. The van der Waals surface area contributed by atoms with Crippen molar-refractivity contribution in [2.75, 3.05) is 17.3 Å². The quantitative estimate of drug-likeness (QED) is 0.704. The Morgan fingerprint density at radius 1 is 1.21 bits per heavy atom. The number of fused-ring (bicyclic) bond motifs is 4. The average molecular weight is 411 g/mol. The second-order valence-electron chi connectivity index (χ2n) is 7.31. The van der Waals surface area contributed by atoms with Crippen LogP contribution in [0.2, 0.25) is 5.02 Å². The van der Waals surface area contributed by atoms with Gasteiger partial charge in [0.1, 0.15) is 17.1 Å². The molecule has 2 amide bonds. The van der Waals surface area contributed by atoms with Crippen LogP contribution in [0.5, 0.6) is 0 Å². The third-order valence-corrected chi connectivity index (χ3v) is 6.08. The zero-order chi connectivity index (χ0) is 20.3. The Hall–Kier alpha value is -3.19. The highest BCUT2D eigenvalue weighted by Gasteiger charge is 2.56. The van der Waals surface area contributed by atoms with E-state index < -0.39 is 11.2 Å². The van der Waals surface area contributed by atoms with Gasteiger partial charge >= 0.3 is 0 Å². The van der Waals surface area contributed by atoms with Crippen LogP contribution in [0.25, 0.3) is 0 Å². The monoisotopic (exact) mass is 410 g/mol. The topological polar surface area (TPSA) is 67.2 Å². The summed E-state index contributed by atoms with van der Waals surface area (Å²) in [5.74, 6) is -0.619. The molecular formula is C21H16ClFN4O2. The maximum atomic E-state index is 14.1. The fraction of sp³-hybridized carbons (Fsp3) is 0.190. The second-order valence-corrected chi connectivity index (χ2v) is 7.72. The highest BCUT2D eigenvalue weighted by atomic mass is 35.5. The number of amides is 2. The van der Waals surface area contributed by atoms with Gasteiger partial charge in [-0.25, -0.2) is 9.07 Å². The van der Waals surface area contributed by atoms with Crippen LogP contribution in [-0.4, -0.2) is 28.6 Å². The zero-order valence-corrected chi connectivity index (χ0v) is 16.2. The molecule has 2 aliphatic heterocycles. The van der Waals surface area contributed by atoms with E-state index in [4.69, 9.17) is 11.6 Å². The molecule has 1 N–H and O–H groups in total. The summed E-state index contributed by atoms with van der Waals surface area (Å²) in [6, 6.07) is 11.6. The number of anilines is 2. The third-order valence-electron chi connectivity index (χ3n) is 5.71. The molecule has 0 fully saturated rings. The lowest BCUT2D eigenvalue weighted by Crippen LogP contribution is -2.45. The number of benzene rings is 2. The fourth-order valence-corrected chi connectivity index (χ4v) is 4.53. The zero-order valence-electron chi connectivity index (χ0n) is 15.4. The molecule has 0 saturated heterocycles. The number of halogens is 2. The normalized spacial score (nSPS) is 20.0. The number of carbonyl (C=O) groups excluding carboxylic acids is 2. The van der Waals surface area contributed by atoms with E-state index in [1.807, 2.05) is 18.2 Å². The van der Waals surface area contributed by atoms with E-state index in [0.717, 1.165) is 5.56 Å². The minimum atomic E-state index is -1.29. The van der Waals surface area contributed by atoms with Crippen LogP contribution in [0.3, 0.4) is 0 Å². The number of nitrogens with zero attached hydrogens (tertiary/aromatic N) is 3. The Bertz CT molecular complexity index is 1190. The summed E-state index contributed by atoms with van der Waals surface area (Å²) in [4.78, 5) is 27.5. The predicted molar refractivity (Wildman–Crippen MR) is 107 cm³/mol. The first kappa shape index (κ1) is 17.9. The average Bonchev–Trinajstić information content (AvgIpc) is 3.18. The Balaban J connectivity index is 1.70. The second kappa shape index (κ2) is 6.15. The van der Waals surface area contributed by atoms with Crippen molar-refractivity contribution < 1.29 is 14.0 Å². The summed E-state index contributed by atoms with van der Waals surface area (Å²) in [5, 5.41) is 7.84. The van der Waals surface area contributed by atoms with Gasteiger partial charge in [0.15, 0.2) is 0 Å². The van der Waals surface area contributed by atoms with Gasteiger partial charge in [-0.2, -0.15) is 5.10 Å². The molecule has 0 radical (unpaired) electrons. The molecule has 5 rings (SSSR count). The molecule has 1 aromatic heterocycles. The van der Waals surface area contributed by atoms with Crippen molar-refractivity contribution in [3.8, 4) is 0 Å². The Morgan fingerprint density at radius 2 is 2.00 bits per heavy atom. The fourth-order valence-electron chi connectivity index (χ4n) is 4.33. The summed E-state index contributed by atoms with van der Waals surface area (Å²) in [6.07, 6.45) is 1.48. The maximum Gasteiger partial charge on any atom is 0.242 e. The van der Waals surface area contributed by atoms with Gasteiger partial charge in [0.25, 0.3) is 0 Å². The molecule has 29 heavy (non-hydrogen) atoms. The van der Waals surface area contributed by atoms with Gasteiger partial charge in [0.05, 0.1) is 12.7 Å². The molecule has 146 valence electrons. The van der Waals surface area contributed by atoms with Crippen molar-refractivity contribution in [1.82, 2.24) is 9.78 Å². The minimum Gasteiger partial charge on any atom is -0.314 e. The molecule has 1 atom stereocenters. The Labute approximate surface area is 170 Å². The van der Waals surface area contributed by atoms with Crippen molar-refractivity contribution in [3.63, 3.8) is 0 Å². The highest BCUT2D eigenvalue weighted by Crippen LogP contribution is 2.51. The van der Waals surface area contributed by atoms with Gasteiger partial charge < -0.3 is 10.2 Å². The van der Waals surface area contributed by atoms with Gasteiger partial charge in [0.2, 0.25) is 11.8 Å². The first-order chi connectivity index (χ1) is 13.9. The summed E-state index contributed by atoms with van der Waals surface area (Å²) in [7, 11) is 1.63. The number of rotatable bonds is 2. The van der Waals surface area contributed by atoms with Crippen LogP contribution >= 0.6 is 11.6 Å². The number of nitrogens with one attached hydrogen (secondary N) is 1. The molecular weight excluding hydrogens is 395 g/mol. The van der Waals surface area contributed by atoms with Gasteiger partial charge in [0, 0.05) is 29.7 Å². The Morgan fingerprint density at radius 3 is 2.79 bits per heavy atom. The molecule has 1 unspecified atom stereocenters. The first-order valence-electron chi connectivity index (χ1n) is 9.09. The van der Waals surface area contributed by atoms with Crippen LogP contribution in [0.15, 0.2) is 48.7 Å². The Kier molecular flexibility index (Phi) is 3.79. The lowest BCUT2D eigenvalue weighted by atomic mass is 9.72. The number of likely N-dealkylation sites (N-methyl/N-ethyl adjacent to an activating group) is 1. The van der Waals surface area contributed by atoms with Crippen molar-refractivity contribution in [3.05, 3.63) is 76.2 Å². The number of hydrogen-bond acceptors (Lipinski definition) is 3. The molecule has 2 aliphatic rings. The van der Waals surface area contributed by atoms with Crippen LogP contribution in [0.4, 0.5) is 15.9 Å². The van der Waals surface area contributed by atoms with Crippen molar-refractivity contribution in [2.45, 2.75) is 18.4 Å². The molecule has 2 aromatic carbocycles. The van der Waals surface area contributed by atoms with E-state index in [1.165, 1.54) is 17.0 Å². The largest absolute Gasteiger partial charge is 0.314 e. The number of hydrogen-bond donors (Lipinski definition) is 1. The van der Waals surface area contributed by atoms with E-state index in [-0.39, 0.29) is 18.2 Å². The first-order valence-corrected chi connectivity index (χ1v) is 9.47. The van der Waals surface area contributed by atoms with Gasteiger partial charge in [-0.3, -0.25) is 9.59 Å². The predicted octanol–water partition coefficient (Wildman–Crippen LogP) is 3.33. The van der Waals surface area contributed by atoms with E-state index in [1.54, 1.807) is 30.1 Å². The molecule has 0 aliphatic carbocycles. The van der Waals surface area contributed by atoms with Crippen LogP contribution in [0, 0.1) is 5.82 Å². The van der Waals surface area contributed by atoms with Gasteiger partial charge in [-0.1, -0.05) is 29.8 Å². The van der Waals surface area contributed by atoms with Crippen LogP contribution in [-0.2, 0) is 21.5 Å². The minimum absolute atomic E-state index is 0.0998. The lowest BCUT2D eigenvalue weighted by Gasteiger charge is -2.32. The molecule has 3 heterocycles. The standard InChI is InChI=1S/C21H16ClFN4O2/c1-26-17-7-6-13(23)8-14(17)21(20(26)29)9-18(28)25-19-15(21)10-24-27(19)11-12-4-2-3-5-16(12)22/h2-8,10H,9,11H2,1H3,(H,25,28). The van der Waals surface area contributed by atoms with E-state index in [9.17, 15) is 14.0 Å². The molecule has 0 saturated carbocycles. The smallest absolute Gasteiger partial charge is 0.242 e. The lowest BCUT2D eigenvalue weighted by molar-refractivity contribution is -0.126. The molecule has 3 aromatic rings. The summed E-state index contributed by atoms with van der Waals surface area (Å²) in [5.41, 5.74) is 1.18. The number of carbonyl (C=O) groups is 2. The van der Waals surface area contributed by atoms with Crippen LogP contribution in [0.1, 0.15) is 23.1 Å². The van der Waals surface area contributed by atoms with Crippen LogP contribution < -0.4 is 10.2 Å². The summed E-state index contributed by atoms with van der Waals surface area (Å²) < 4.78 is 15.7. The van der Waals surface area contributed by atoms with E-state index in [0.29, 0.717) is 34.2 Å². The van der Waals surface area contributed by atoms with Gasteiger partial charge in [-0.05, 0) is 35.4 Å². The third kappa shape index (κ3) is 2.43. The summed E-state index contributed by atoms with van der Waals surface area (Å²) in [6.45, 7) is 0.325. The van der Waals surface area contributed by atoms with E-state index >= 15 is 0 Å². The SMILES string of the molecule is CN1C(=O)C2(CC(=O)Nc3c2cnn3Cc2ccccc2Cl)c2cc(F)ccc21. The van der Waals surface area contributed by atoms with Crippen molar-refractivity contribution >= 4 is 34.9 Å². The van der Waals surface area contributed by atoms with E-state index in [2.05, 4.69) is 10.4 Å². The summed E-state index contributed by atoms with van der Waals surface area (Å²) >= 11 is 6.27. The van der Waals surface area contributed by atoms with Crippen molar-refractivity contribution in [2.24, 2.45) is 0 Å². The molecule has 6 nitrogen and oxygen atoms in total.